The Labute approximate surface area is 87.0 Å². The molecule has 7 heteroatoms. The van der Waals surface area contributed by atoms with Crippen molar-refractivity contribution in [1.29, 1.82) is 0 Å². The molecule has 0 aromatic rings. The maximum absolute atomic E-state index is 8.88. The predicted molar refractivity (Wildman–Crippen MR) is 32.5 cm³/mol. The Bertz CT molecular complexity index is 55.8. The van der Waals surface area contributed by atoms with E-state index in [1.165, 1.54) is 0 Å². The third kappa shape index (κ3) is 65.9. The molecule has 0 amide bonds. The average Bonchev–Trinajstić information content (AvgIpc) is 0.722. The van der Waals surface area contributed by atoms with Crippen LogP contribution in [0.5, 0.6) is 0 Å². The summed E-state index contributed by atoms with van der Waals surface area (Å²) >= 11 is 0. The zero-order chi connectivity index (χ0) is 4.50. The molecule has 0 saturated heterocycles. The Morgan fingerprint density at radius 2 is 1.14 bits per heavy atom. The fraction of sp³-hybridized carbons (Fsp3) is 0. The molecule has 1 unspecified atom stereocenters. The van der Waals surface area contributed by atoms with Crippen molar-refractivity contribution in [3.63, 3.8) is 0 Å². The number of hydrogen-bond acceptors (Lipinski definition) is 1. The fourth-order valence-electron chi connectivity index (χ4n) is 0. The predicted octanol–water partition coefficient (Wildman–Crippen LogP) is -1.52. The van der Waals surface area contributed by atoms with E-state index in [0.717, 1.165) is 0 Å². The molecule has 0 spiro atoms. The van der Waals surface area contributed by atoms with Crippen molar-refractivity contribution >= 4 is 69.1 Å². The second kappa shape index (κ2) is 6.30. The first kappa shape index (κ1) is 16.1. The summed E-state index contributed by atoms with van der Waals surface area (Å²) in [7, 11) is -4.64. The van der Waals surface area contributed by atoms with Gasteiger partial charge < -0.3 is 14.7 Å². The van der Waals surface area contributed by atoms with Gasteiger partial charge in [0, 0.05) is 0 Å². The van der Waals surface area contributed by atoms with Crippen molar-refractivity contribution in [1.82, 2.24) is 0 Å². The molecule has 42 valence electrons. The molecule has 0 rings (SSSR count). The summed E-state index contributed by atoms with van der Waals surface area (Å²) < 4.78 is 8.88. The van der Waals surface area contributed by atoms with Crippen LogP contribution in [0.2, 0.25) is 0 Å². The van der Waals surface area contributed by atoms with Crippen molar-refractivity contribution in [2.24, 2.45) is 0 Å². The van der Waals surface area contributed by atoms with Gasteiger partial charge in [0.2, 0.25) is 0 Å². The van der Waals surface area contributed by atoms with Gasteiger partial charge >= 0.3 is 59.2 Å². The van der Waals surface area contributed by atoms with Gasteiger partial charge in [0.15, 0.2) is 0 Å². The van der Waals surface area contributed by atoms with E-state index in [1.807, 2.05) is 0 Å². The van der Waals surface area contributed by atoms with Crippen LogP contribution in [0, 0.1) is 0 Å². The number of rotatable bonds is 0. The molecule has 0 saturated carbocycles. The summed E-state index contributed by atoms with van der Waals surface area (Å²) in [6.07, 6.45) is 0. The Hall–Kier alpha value is 2.18. The minimum atomic E-state index is -4.64. The molecule has 0 aromatic heterocycles. The summed E-state index contributed by atoms with van der Waals surface area (Å²) in [4.78, 5) is 21.6. The van der Waals surface area contributed by atoms with Crippen molar-refractivity contribution < 1.29 is 19.2 Å². The zero-order valence-corrected chi connectivity index (χ0v) is 5.21. The van der Waals surface area contributed by atoms with E-state index < -0.39 is 7.82 Å². The van der Waals surface area contributed by atoms with E-state index in [2.05, 4.69) is 0 Å². The second-order valence-electron chi connectivity index (χ2n) is 0.513. The molecule has 1 atom stereocenters. The first-order valence-corrected chi connectivity index (χ1v) is 2.35. The molecule has 0 fully saturated rings. The molecular formula is H7KO4P2. The Kier molecular flexibility index (Phi) is 14.5. The van der Waals surface area contributed by atoms with Gasteiger partial charge in [-0.3, -0.25) is 0 Å². The first-order chi connectivity index (χ1) is 2.00. The molecule has 0 aliphatic carbocycles. The standard InChI is InChI=1S/K.H3O4P.H3P.H/c;1-5(2,3)4;;/h;(H3,1,2,3,4);1H3;. The van der Waals surface area contributed by atoms with Crippen LogP contribution in [0.3, 0.4) is 0 Å². The van der Waals surface area contributed by atoms with Gasteiger partial charge in [0.05, 0.1) is 0 Å². The van der Waals surface area contributed by atoms with Crippen LogP contribution in [0.1, 0.15) is 0 Å². The molecular weight excluding hydrogens is 165 g/mol. The van der Waals surface area contributed by atoms with Crippen molar-refractivity contribution in [2.45, 2.75) is 0 Å². The summed E-state index contributed by atoms with van der Waals surface area (Å²) in [6.45, 7) is 0. The third-order valence-corrected chi connectivity index (χ3v) is 0. The van der Waals surface area contributed by atoms with E-state index in [0.29, 0.717) is 0 Å². The maximum atomic E-state index is 8.88. The Morgan fingerprint density at radius 1 is 1.14 bits per heavy atom. The SMILES string of the molecule is O=P(O)(O)O.P.[KH]. The topological polar surface area (TPSA) is 77.8 Å². The van der Waals surface area contributed by atoms with Gasteiger partial charge in [-0.15, -0.1) is 0 Å². The Balaban J connectivity index is -0.0000000800. The Morgan fingerprint density at radius 3 is 1.14 bits per heavy atom. The summed E-state index contributed by atoms with van der Waals surface area (Å²) in [6, 6.07) is 0. The average molecular weight is 172 g/mol. The van der Waals surface area contributed by atoms with Crippen LogP contribution in [0.25, 0.3) is 0 Å². The quantitative estimate of drug-likeness (QED) is 0.306. The zero-order valence-electron chi connectivity index (χ0n) is 2.90. The van der Waals surface area contributed by atoms with E-state index in [9.17, 15) is 0 Å². The number of phosphoric acid groups is 1. The molecule has 0 aliphatic rings. The van der Waals surface area contributed by atoms with Crippen molar-refractivity contribution in [3.8, 4) is 0 Å². The molecule has 7 heavy (non-hydrogen) atoms. The molecule has 3 N–H and O–H groups in total. The number of hydrogen-bond donors (Lipinski definition) is 3. The van der Waals surface area contributed by atoms with Crippen molar-refractivity contribution in [2.75, 3.05) is 0 Å². The first-order valence-electron chi connectivity index (χ1n) is 0.783. The van der Waals surface area contributed by atoms with Gasteiger partial charge in [-0.1, -0.05) is 0 Å². The van der Waals surface area contributed by atoms with Crippen LogP contribution in [0.4, 0.5) is 0 Å². The van der Waals surface area contributed by atoms with Crippen molar-refractivity contribution in [3.05, 3.63) is 0 Å². The van der Waals surface area contributed by atoms with Gasteiger partial charge in [0.1, 0.15) is 0 Å². The monoisotopic (exact) mass is 172 g/mol. The van der Waals surface area contributed by atoms with Gasteiger partial charge in [0.25, 0.3) is 0 Å². The van der Waals surface area contributed by atoms with Crippen LogP contribution >= 0.6 is 17.7 Å². The molecule has 0 heterocycles. The van der Waals surface area contributed by atoms with E-state index >= 15 is 0 Å². The molecule has 0 radical (unpaired) electrons. The summed E-state index contributed by atoms with van der Waals surface area (Å²) in [5, 5.41) is 0. The van der Waals surface area contributed by atoms with Gasteiger partial charge in [-0.05, 0) is 0 Å². The fourth-order valence-corrected chi connectivity index (χ4v) is 0. The second-order valence-corrected chi connectivity index (χ2v) is 1.54. The normalized spacial score (nSPS) is 8.43. The van der Waals surface area contributed by atoms with Crippen LogP contribution in [0.15, 0.2) is 0 Å². The molecule has 0 aliphatic heterocycles. The summed E-state index contributed by atoms with van der Waals surface area (Å²) in [5.74, 6) is 0. The van der Waals surface area contributed by atoms with Gasteiger partial charge in [-0.2, -0.15) is 9.90 Å². The van der Waals surface area contributed by atoms with E-state index in [1.54, 1.807) is 0 Å². The van der Waals surface area contributed by atoms with Crippen LogP contribution in [-0.2, 0) is 4.57 Å². The third-order valence-electron chi connectivity index (χ3n) is 0. The molecule has 0 bridgehead atoms. The molecule has 0 aromatic carbocycles. The van der Waals surface area contributed by atoms with Crippen LogP contribution in [-0.4, -0.2) is 66.1 Å². The molecule has 4 nitrogen and oxygen atoms in total. The minimum absolute atomic E-state index is 0. The van der Waals surface area contributed by atoms with Gasteiger partial charge in [-0.25, -0.2) is 4.57 Å². The summed E-state index contributed by atoms with van der Waals surface area (Å²) in [5.41, 5.74) is 0. The van der Waals surface area contributed by atoms with Crippen LogP contribution < -0.4 is 0 Å². The van der Waals surface area contributed by atoms with E-state index in [4.69, 9.17) is 19.2 Å². The van der Waals surface area contributed by atoms with E-state index in [-0.39, 0.29) is 61.3 Å².